The van der Waals surface area contributed by atoms with Gasteiger partial charge in [0.15, 0.2) is 0 Å². The highest BCUT2D eigenvalue weighted by atomic mass is 32.2. The lowest BCUT2D eigenvalue weighted by Crippen LogP contribution is -2.30. The first-order chi connectivity index (χ1) is 7.22. The normalized spacial score (nSPS) is 25.7. The fourth-order valence-electron chi connectivity index (χ4n) is 1.91. The van der Waals surface area contributed by atoms with Crippen LogP contribution in [0.25, 0.3) is 0 Å². The molecular weight excluding hydrogens is 206 g/mol. The molecular formula is C12H17NOS. The molecule has 0 spiro atoms. The Morgan fingerprint density at radius 2 is 1.93 bits per heavy atom. The molecule has 1 aliphatic rings. The van der Waals surface area contributed by atoms with Crippen LogP contribution in [0.4, 0.5) is 0 Å². The summed E-state index contributed by atoms with van der Waals surface area (Å²) < 4.78 is 0. The Labute approximate surface area is 94.9 Å². The second-order valence-electron chi connectivity index (χ2n) is 4.22. The zero-order chi connectivity index (χ0) is 10.7. The summed E-state index contributed by atoms with van der Waals surface area (Å²) in [6.45, 7) is 0.584. The van der Waals surface area contributed by atoms with Crippen molar-refractivity contribution in [2.24, 2.45) is 5.73 Å². The van der Waals surface area contributed by atoms with E-state index in [1.807, 2.05) is 23.9 Å². The van der Waals surface area contributed by atoms with Crippen molar-refractivity contribution in [1.29, 1.82) is 0 Å². The van der Waals surface area contributed by atoms with Gasteiger partial charge in [-0.05, 0) is 23.3 Å². The van der Waals surface area contributed by atoms with Gasteiger partial charge in [-0.25, -0.2) is 0 Å². The van der Waals surface area contributed by atoms with Gasteiger partial charge in [0.2, 0.25) is 0 Å². The fraction of sp³-hybridized carbons (Fsp3) is 0.500. The summed E-state index contributed by atoms with van der Waals surface area (Å²) in [5.41, 5.74) is 7.41. The van der Waals surface area contributed by atoms with Crippen LogP contribution in [-0.4, -0.2) is 22.2 Å². The molecule has 1 aromatic carbocycles. The molecule has 0 aromatic heterocycles. The number of hydrogen-bond acceptors (Lipinski definition) is 3. The average Bonchev–Trinajstić information content (AvgIpc) is 2.66. The Hall–Kier alpha value is -0.510. The summed E-state index contributed by atoms with van der Waals surface area (Å²) in [4.78, 5) is 0. The van der Waals surface area contributed by atoms with Gasteiger partial charge in [0.25, 0.3) is 0 Å². The topological polar surface area (TPSA) is 46.2 Å². The first kappa shape index (κ1) is 11.0. The third-order valence-corrected chi connectivity index (χ3v) is 4.11. The first-order valence-electron chi connectivity index (χ1n) is 5.30. The van der Waals surface area contributed by atoms with Crippen LogP contribution in [0.15, 0.2) is 24.3 Å². The van der Waals surface area contributed by atoms with Crippen LogP contribution in [0.2, 0.25) is 0 Å². The van der Waals surface area contributed by atoms with E-state index in [0.717, 1.165) is 29.9 Å². The van der Waals surface area contributed by atoms with Gasteiger partial charge in [-0.2, -0.15) is 11.8 Å². The van der Waals surface area contributed by atoms with E-state index in [1.54, 1.807) is 0 Å². The molecule has 3 N–H and O–H groups in total. The van der Waals surface area contributed by atoms with E-state index in [0.29, 0.717) is 6.54 Å². The molecule has 0 radical (unpaired) electrons. The van der Waals surface area contributed by atoms with Crippen molar-refractivity contribution < 1.29 is 5.11 Å². The molecule has 1 saturated heterocycles. The number of aliphatic hydroxyl groups is 1. The van der Waals surface area contributed by atoms with E-state index in [9.17, 15) is 5.11 Å². The third-order valence-electron chi connectivity index (χ3n) is 2.87. The standard InChI is InChI=1S/C12H17NOS/c13-8-11-3-1-10(2-4-11)7-12(14)5-6-15-9-12/h1-4,14H,5-9,13H2. The molecule has 1 fully saturated rings. The summed E-state index contributed by atoms with van der Waals surface area (Å²) in [7, 11) is 0. The highest BCUT2D eigenvalue weighted by molar-refractivity contribution is 7.99. The van der Waals surface area contributed by atoms with E-state index in [1.165, 1.54) is 5.56 Å². The third kappa shape index (κ3) is 2.74. The van der Waals surface area contributed by atoms with Crippen molar-refractivity contribution >= 4 is 11.8 Å². The maximum Gasteiger partial charge on any atom is 0.0785 e. The molecule has 1 aliphatic heterocycles. The largest absolute Gasteiger partial charge is 0.389 e. The molecule has 0 saturated carbocycles. The van der Waals surface area contributed by atoms with Gasteiger partial charge >= 0.3 is 0 Å². The second kappa shape index (κ2) is 4.56. The Kier molecular flexibility index (Phi) is 3.34. The van der Waals surface area contributed by atoms with E-state index in [2.05, 4.69) is 12.1 Å². The average molecular weight is 223 g/mol. The predicted octanol–water partition coefficient (Wildman–Crippen LogP) is 1.56. The molecule has 15 heavy (non-hydrogen) atoms. The highest BCUT2D eigenvalue weighted by Gasteiger charge is 2.31. The van der Waals surface area contributed by atoms with Crippen LogP contribution < -0.4 is 5.73 Å². The summed E-state index contributed by atoms with van der Waals surface area (Å²) in [5.74, 6) is 1.95. The van der Waals surface area contributed by atoms with Crippen LogP contribution in [-0.2, 0) is 13.0 Å². The Morgan fingerprint density at radius 1 is 1.27 bits per heavy atom. The smallest absolute Gasteiger partial charge is 0.0785 e. The van der Waals surface area contributed by atoms with Gasteiger partial charge < -0.3 is 10.8 Å². The number of hydrogen-bond donors (Lipinski definition) is 2. The van der Waals surface area contributed by atoms with Crippen molar-refractivity contribution in [1.82, 2.24) is 0 Å². The maximum atomic E-state index is 10.2. The molecule has 1 unspecified atom stereocenters. The summed E-state index contributed by atoms with van der Waals surface area (Å²) in [5, 5.41) is 10.2. The molecule has 1 atom stereocenters. The SMILES string of the molecule is NCc1ccc(CC2(O)CCSC2)cc1. The molecule has 82 valence electrons. The van der Waals surface area contributed by atoms with Crippen LogP contribution in [0.3, 0.4) is 0 Å². The van der Waals surface area contributed by atoms with Crippen molar-refractivity contribution in [2.45, 2.75) is 25.0 Å². The summed E-state index contributed by atoms with van der Waals surface area (Å²) in [6, 6.07) is 8.23. The molecule has 1 aromatic rings. The minimum Gasteiger partial charge on any atom is -0.389 e. The van der Waals surface area contributed by atoms with Gasteiger partial charge in [-0.1, -0.05) is 24.3 Å². The minimum atomic E-state index is -0.477. The van der Waals surface area contributed by atoms with Crippen LogP contribution in [0.5, 0.6) is 0 Å². The van der Waals surface area contributed by atoms with Crippen LogP contribution in [0, 0.1) is 0 Å². The number of nitrogens with two attached hydrogens (primary N) is 1. The lowest BCUT2D eigenvalue weighted by Gasteiger charge is -2.21. The lowest BCUT2D eigenvalue weighted by molar-refractivity contribution is 0.0686. The van der Waals surface area contributed by atoms with E-state index < -0.39 is 5.60 Å². The maximum absolute atomic E-state index is 10.2. The molecule has 2 nitrogen and oxygen atoms in total. The molecule has 0 aliphatic carbocycles. The van der Waals surface area contributed by atoms with Gasteiger partial charge in [0.1, 0.15) is 0 Å². The molecule has 1 heterocycles. The Morgan fingerprint density at radius 3 is 2.47 bits per heavy atom. The molecule has 3 heteroatoms. The molecule has 2 rings (SSSR count). The van der Waals surface area contributed by atoms with Crippen molar-refractivity contribution in [3.63, 3.8) is 0 Å². The summed E-state index contributed by atoms with van der Waals surface area (Å²) in [6.07, 6.45) is 1.68. The van der Waals surface area contributed by atoms with Crippen molar-refractivity contribution in [3.8, 4) is 0 Å². The van der Waals surface area contributed by atoms with Gasteiger partial charge in [0.05, 0.1) is 5.60 Å². The van der Waals surface area contributed by atoms with E-state index >= 15 is 0 Å². The molecule has 0 amide bonds. The quantitative estimate of drug-likeness (QED) is 0.817. The van der Waals surface area contributed by atoms with E-state index in [-0.39, 0.29) is 0 Å². The van der Waals surface area contributed by atoms with Gasteiger partial charge in [-0.15, -0.1) is 0 Å². The van der Waals surface area contributed by atoms with Crippen molar-refractivity contribution in [3.05, 3.63) is 35.4 Å². The number of rotatable bonds is 3. The second-order valence-corrected chi connectivity index (χ2v) is 5.33. The van der Waals surface area contributed by atoms with Gasteiger partial charge in [-0.3, -0.25) is 0 Å². The minimum absolute atomic E-state index is 0.477. The van der Waals surface area contributed by atoms with Gasteiger partial charge in [0, 0.05) is 18.7 Å². The number of thioether (sulfide) groups is 1. The highest BCUT2D eigenvalue weighted by Crippen LogP contribution is 2.30. The zero-order valence-electron chi connectivity index (χ0n) is 8.78. The Bertz CT molecular complexity index is 317. The van der Waals surface area contributed by atoms with E-state index in [4.69, 9.17) is 5.73 Å². The summed E-state index contributed by atoms with van der Waals surface area (Å²) >= 11 is 1.84. The van der Waals surface area contributed by atoms with Crippen LogP contribution in [0.1, 0.15) is 17.5 Å². The molecule has 0 bridgehead atoms. The first-order valence-corrected chi connectivity index (χ1v) is 6.45. The lowest BCUT2D eigenvalue weighted by atomic mass is 9.94. The Balaban J connectivity index is 2.04. The number of benzene rings is 1. The fourth-order valence-corrected chi connectivity index (χ4v) is 3.20. The van der Waals surface area contributed by atoms with Crippen molar-refractivity contribution in [2.75, 3.05) is 11.5 Å². The zero-order valence-corrected chi connectivity index (χ0v) is 9.59. The van der Waals surface area contributed by atoms with Crippen LogP contribution >= 0.6 is 11.8 Å². The predicted molar refractivity (Wildman–Crippen MR) is 64.9 cm³/mol. The monoisotopic (exact) mass is 223 g/mol.